The topological polar surface area (TPSA) is 86.2 Å². The summed E-state index contributed by atoms with van der Waals surface area (Å²) in [6, 6.07) is -0.576. The lowest BCUT2D eigenvalue weighted by Gasteiger charge is -1.98. The molecule has 0 unspecified atom stereocenters. The van der Waals surface area contributed by atoms with Gasteiger partial charge in [0, 0.05) is 6.42 Å². The average molecular weight is 131 g/mol. The molecule has 0 bridgehead atoms. The molecule has 0 heterocycles. The molecule has 0 aromatic rings. The molecule has 0 spiro atoms. The standard InChI is InChI=1S/C5H10N2O2/c6-4(3-8)1-2-5(7)9/h3-4H,1-2,6H2,(H2,7,9)/t4-/m0/s1/i/hD. The van der Waals surface area contributed by atoms with Gasteiger partial charge in [-0.25, -0.2) is 0 Å². The zero-order valence-electron chi connectivity index (χ0n) is 5.96. The number of nitrogens with two attached hydrogens (primary N) is 2. The Morgan fingerprint density at radius 1 is 1.89 bits per heavy atom. The van der Waals surface area contributed by atoms with E-state index in [0.29, 0.717) is 12.7 Å². The second kappa shape index (κ2) is 4.03. The molecule has 52 valence electrons. The van der Waals surface area contributed by atoms with Crippen molar-refractivity contribution in [1.82, 2.24) is 0 Å². The first kappa shape index (κ1) is 6.22. The van der Waals surface area contributed by atoms with Gasteiger partial charge in [-0.2, -0.15) is 0 Å². The van der Waals surface area contributed by atoms with Crippen LogP contribution in [0.2, 0.25) is 1.41 Å². The molecule has 1 atom stereocenters. The molecular weight excluding hydrogens is 120 g/mol. The van der Waals surface area contributed by atoms with Crippen molar-refractivity contribution in [3.63, 3.8) is 0 Å². The van der Waals surface area contributed by atoms with Gasteiger partial charge in [0.2, 0.25) is 5.91 Å². The van der Waals surface area contributed by atoms with E-state index in [1.54, 1.807) is 0 Å². The number of hydrogen-bond acceptors (Lipinski definition) is 3. The van der Waals surface area contributed by atoms with E-state index in [2.05, 4.69) is 0 Å². The van der Waals surface area contributed by atoms with Gasteiger partial charge in [-0.15, -0.1) is 0 Å². The van der Waals surface area contributed by atoms with Crippen molar-refractivity contribution in [2.75, 3.05) is 0 Å². The highest BCUT2D eigenvalue weighted by Gasteiger charge is 2.00. The highest BCUT2D eigenvalue weighted by molar-refractivity contribution is 5.74. The van der Waals surface area contributed by atoms with E-state index in [9.17, 15) is 9.59 Å². The molecule has 0 saturated heterocycles. The molecule has 0 rings (SSSR count). The highest BCUT2D eigenvalue weighted by Crippen LogP contribution is 1.88. The number of carbonyl (C=O) groups is 2. The lowest BCUT2D eigenvalue weighted by Crippen LogP contribution is -2.24. The van der Waals surface area contributed by atoms with Gasteiger partial charge in [0.15, 0.2) is 0 Å². The first-order valence-electron chi connectivity index (χ1n) is 3.11. The van der Waals surface area contributed by atoms with Crippen LogP contribution in [0.15, 0.2) is 0 Å². The fourth-order valence-corrected chi connectivity index (χ4v) is 0.366. The van der Waals surface area contributed by atoms with Crippen LogP contribution in [0.4, 0.5) is 0 Å². The van der Waals surface area contributed by atoms with Crippen LogP contribution >= 0.6 is 0 Å². The Labute approximate surface area is 54.7 Å². The Morgan fingerprint density at radius 2 is 2.56 bits per heavy atom. The third-order valence-corrected chi connectivity index (χ3v) is 0.866. The predicted molar refractivity (Wildman–Crippen MR) is 32.5 cm³/mol. The SMILES string of the molecule is [2H]N[C@H](C=O)CCC(N)=O. The summed E-state index contributed by atoms with van der Waals surface area (Å²) in [4.78, 5) is 20.2. The van der Waals surface area contributed by atoms with E-state index in [-0.39, 0.29) is 6.42 Å². The summed E-state index contributed by atoms with van der Waals surface area (Å²) in [7, 11) is 0. The normalized spacial score (nSPS) is 14.0. The zero-order valence-corrected chi connectivity index (χ0v) is 4.96. The predicted octanol–water partition coefficient (Wildman–Crippen LogP) is -1.22. The number of aldehydes is 1. The molecule has 9 heavy (non-hydrogen) atoms. The van der Waals surface area contributed by atoms with Crippen molar-refractivity contribution in [1.29, 1.82) is 0 Å². The van der Waals surface area contributed by atoms with Crippen molar-refractivity contribution in [2.24, 2.45) is 11.5 Å². The van der Waals surface area contributed by atoms with Crippen molar-refractivity contribution in [3.05, 3.63) is 0 Å². The van der Waals surface area contributed by atoms with E-state index < -0.39 is 11.9 Å². The van der Waals surface area contributed by atoms with Crippen LogP contribution in [0.5, 0.6) is 0 Å². The number of hydrogen-bond donors (Lipinski definition) is 2. The van der Waals surface area contributed by atoms with E-state index in [0.717, 1.165) is 0 Å². The lowest BCUT2D eigenvalue weighted by molar-refractivity contribution is -0.118. The summed E-state index contributed by atoms with van der Waals surface area (Å²) in [5.74, 6) is -0.456. The maximum Gasteiger partial charge on any atom is 0.217 e. The van der Waals surface area contributed by atoms with Crippen LogP contribution in [0, 0.1) is 0 Å². The van der Waals surface area contributed by atoms with Gasteiger partial charge in [-0.1, -0.05) is 0 Å². The van der Waals surface area contributed by atoms with Gasteiger partial charge < -0.3 is 16.3 Å². The second-order valence-corrected chi connectivity index (χ2v) is 1.75. The lowest BCUT2D eigenvalue weighted by atomic mass is 10.2. The molecule has 0 aromatic carbocycles. The van der Waals surface area contributed by atoms with Crippen LogP contribution in [0.1, 0.15) is 12.8 Å². The van der Waals surface area contributed by atoms with Gasteiger partial charge >= 0.3 is 0 Å². The van der Waals surface area contributed by atoms with E-state index in [1.165, 1.54) is 0 Å². The van der Waals surface area contributed by atoms with E-state index in [1.807, 2.05) is 5.73 Å². The minimum atomic E-state index is -0.576. The quantitative estimate of drug-likeness (QED) is 0.458. The van der Waals surface area contributed by atoms with Gasteiger partial charge in [0.25, 0.3) is 0 Å². The minimum absolute atomic E-state index is 0.134. The Kier molecular flexibility index (Phi) is 2.78. The van der Waals surface area contributed by atoms with Crippen LogP contribution in [0.3, 0.4) is 0 Å². The summed E-state index contributed by atoms with van der Waals surface area (Å²) >= 11 is 0. The van der Waals surface area contributed by atoms with Crippen molar-refractivity contribution >= 4 is 12.2 Å². The first-order chi connectivity index (χ1) is 4.70. The Bertz CT molecular complexity index is 129. The number of amides is 1. The Balaban J connectivity index is 3.44. The molecule has 0 aromatic heterocycles. The van der Waals surface area contributed by atoms with Crippen molar-refractivity contribution in [2.45, 2.75) is 18.9 Å². The molecule has 4 N–H and O–H groups in total. The van der Waals surface area contributed by atoms with E-state index >= 15 is 0 Å². The summed E-state index contributed by atoms with van der Waals surface area (Å²) in [6.07, 6.45) is 1.01. The molecular formula is C5H10N2O2. The molecule has 0 radical (unpaired) electrons. The molecule has 0 fully saturated rings. The fraction of sp³-hybridized carbons (Fsp3) is 0.600. The summed E-state index contributed by atoms with van der Waals surface area (Å²) in [6.45, 7) is 0. The molecule has 0 saturated carbocycles. The Morgan fingerprint density at radius 3 is 2.89 bits per heavy atom. The third-order valence-electron chi connectivity index (χ3n) is 0.866. The fourth-order valence-electron chi connectivity index (χ4n) is 0.366. The largest absolute Gasteiger partial charge is 0.370 e. The average Bonchev–Trinajstić information content (AvgIpc) is 1.90. The van der Waals surface area contributed by atoms with Crippen LogP contribution in [-0.2, 0) is 9.59 Å². The van der Waals surface area contributed by atoms with Gasteiger partial charge in [0.1, 0.15) is 7.70 Å². The summed E-state index contributed by atoms with van der Waals surface area (Å²) in [5, 5.41) is 0. The maximum atomic E-state index is 10.2. The number of rotatable bonds is 5. The zero-order chi connectivity index (χ0) is 7.98. The number of primary amides is 1. The van der Waals surface area contributed by atoms with Gasteiger partial charge in [0.05, 0.1) is 6.04 Å². The highest BCUT2D eigenvalue weighted by atomic mass is 16.1. The molecule has 1 amide bonds. The molecule has 4 nitrogen and oxygen atoms in total. The second-order valence-electron chi connectivity index (χ2n) is 1.75. The Hall–Kier alpha value is -0.900. The minimum Gasteiger partial charge on any atom is -0.370 e. The summed E-state index contributed by atoms with van der Waals surface area (Å²) < 4.78 is 6.57. The smallest absolute Gasteiger partial charge is 0.217 e. The first-order valence-corrected chi connectivity index (χ1v) is 2.61. The molecule has 0 aliphatic heterocycles. The van der Waals surface area contributed by atoms with Gasteiger partial charge in [-0.3, -0.25) is 4.79 Å². The maximum absolute atomic E-state index is 10.2. The molecule has 0 aliphatic rings. The van der Waals surface area contributed by atoms with Crippen LogP contribution < -0.4 is 11.5 Å². The monoisotopic (exact) mass is 131 g/mol. The van der Waals surface area contributed by atoms with Gasteiger partial charge in [-0.05, 0) is 6.42 Å². The van der Waals surface area contributed by atoms with Crippen molar-refractivity contribution in [3.8, 4) is 0 Å². The third kappa shape index (κ3) is 4.96. The van der Waals surface area contributed by atoms with E-state index in [4.69, 9.17) is 7.15 Å². The molecule has 4 heteroatoms. The molecule has 0 aliphatic carbocycles. The number of carbonyl (C=O) groups excluding carboxylic acids is 2. The van der Waals surface area contributed by atoms with Crippen LogP contribution in [0.25, 0.3) is 0 Å². The van der Waals surface area contributed by atoms with Crippen LogP contribution in [-0.4, -0.2) is 18.2 Å². The van der Waals surface area contributed by atoms with Crippen molar-refractivity contribution < 1.29 is 11.0 Å². The summed E-state index contributed by atoms with van der Waals surface area (Å²) in [5.41, 5.74) is 6.79.